The van der Waals surface area contributed by atoms with E-state index in [1.54, 1.807) is 6.08 Å². The predicted octanol–water partition coefficient (Wildman–Crippen LogP) is 0.729. The zero-order chi connectivity index (χ0) is 8.81. The second-order valence-electron chi connectivity index (χ2n) is 2.89. The molecule has 0 aromatic carbocycles. The van der Waals surface area contributed by atoms with Crippen molar-refractivity contribution >= 4 is 0 Å². The molecule has 0 radical (unpaired) electrons. The van der Waals surface area contributed by atoms with Crippen LogP contribution in [0.1, 0.15) is 12.8 Å². The first kappa shape index (κ1) is 9.71. The van der Waals surface area contributed by atoms with E-state index < -0.39 is 0 Å². The van der Waals surface area contributed by atoms with E-state index in [0.29, 0.717) is 6.61 Å². The molecule has 1 N–H and O–H groups in total. The summed E-state index contributed by atoms with van der Waals surface area (Å²) in [4.78, 5) is 0. The van der Waals surface area contributed by atoms with Crippen molar-refractivity contribution < 1.29 is 14.6 Å². The quantitative estimate of drug-likeness (QED) is 0.635. The number of ether oxygens (including phenoxy) is 2. The molecule has 0 saturated carbocycles. The summed E-state index contributed by atoms with van der Waals surface area (Å²) in [6.45, 7) is 4.88. The average molecular weight is 172 g/mol. The Labute approximate surface area is 73.0 Å². The van der Waals surface area contributed by atoms with Crippen molar-refractivity contribution in [2.45, 2.75) is 25.0 Å². The zero-order valence-electron chi connectivity index (χ0n) is 7.24. The molecule has 1 aliphatic heterocycles. The lowest BCUT2D eigenvalue weighted by atomic mass is 10.1. The highest BCUT2D eigenvalue weighted by Gasteiger charge is 2.25. The van der Waals surface area contributed by atoms with Gasteiger partial charge in [0.1, 0.15) is 6.10 Å². The highest BCUT2D eigenvalue weighted by Crippen LogP contribution is 2.16. The molecule has 0 bridgehead atoms. The molecule has 3 nitrogen and oxygen atoms in total. The van der Waals surface area contributed by atoms with E-state index in [1.807, 2.05) is 0 Å². The molecule has 1 heterocycles. The summed E-state index contributed by atoms with van der Waals surface area (Å²) in [5.74, 6) is 0. The van der Waals surface area contributed by atoms with Gasteiger partial charge in [0.15, 0.2) is 0 Å². The molecule has 0 aromatic rings. The largest absolute Gasteiger partial charge is 0.394 e. The second-order valence-corrected chi connectivity index (χ2v) is 2.89. The summed E-state index contributed by atoms with van der Waals surface area (Å²) >= 11 is 0. The van der Waals surface area contributed by atoms with Gasteiger partial charge in [-0.3, -0.25) is 0 Å². The molecule has 1 rings (SSSR count). The van der Waals surface area contributed by atoms with Gasteiger partial charge in [-0.05, 0) is 12.8 Å². The highest BCUT2D eigenvalue weighted by atomic mass is 16.5. The lowest BCUT2D eigenvalue weighted by molar-refractivity contribution is -0.116. The first-order chi connectivity index (χ1) is 5.88. The Morgan fingerprint density at radius 1 is 1.67 bits per heavy atom. The van der Waals surface area contributed by atoms with Crippen molar-refractivity contribution in [1.82, 2.24) is 0 Å². The summed E-state index contributed by atoms with van der Waals surface area (Å²) in [7, 11) is 0. The third-order valence-corrected chi connectivity index (χ3v) is 1.99. The van der Waals surface area contributed by atoms with Crippen LogP contribution in [0.2, 0.25) is 0 Å². The van der Waals surface area contributed by atoms with Crippen LogP contribution in [-0.2, 0) is 9.47 Å². The maximum atomic E-state index is 8.93. The number of aliphatic hydroxyl groups excluding tert-OH is 1. The van der Waals surface area contributed by atoms with Crippen LogP contribution < -0.4 is 0 Å². The first-order valence-electron chi connectivity index (χ1n) is 4.33. The van der Waals surface area contributed by atoms with E-state index in [9.17, 15) is 0 Å². The fourth-order valence-corrected chi connectivity index (χ4v) is 1.37. The Morgan fingerprint density at radius 2 is 2.50 bits per heavy atom. The van der Waals surface area contributed by atoms with Gasteiger partial charge in [-0.1, -0.05) is 6.08 Å². The SMILES string of the molecule is C=CCOC1CCCO[C@@H]1CO. The molecule has 0 spiro atoms. The Bertz CT molecular complexity index is 136. The van der Waals surface area contributed by atoms with E-state index in [4.69, 9.17) is 14.6 Å². The zero-order valence-corrected chi connectivity index (χ0v) is 7.24. The summed E-state index contributed by atoms with van der Waals surface area (Å²) < 4.78 is 10.8. The molecule has 3 heteroatoms. The van der Waals surface area contributed by atoms with Gasteiger partial charge >= 0.3 is 0 Å². The predicted molar refractivity (Wildman–Crippen MR) is 46.0 cm³/mol. The number of aliphatic hydroxyl groups is 1. The van der Waals surface area contributed by atoms with Gasteiger partial charge in [0.25, 0.3) is 0 Å². The molecule has 1 saturated heterocycles. The molecule has 1 unspecified atom stereocenters. The third kappa shape index (κ3) is 2.59. The van der Waals surface area contributed by atoms with Crippen molar-refractivity contribution in [3.05, 3.63) is 12.7 Å². The van der Waals surface area contributed by atoms with Gasteiger partial charge in [-0.2, -0.15) is 0 Å². The smallest absolute Gasteiger partial charge is 0.107 e. The van der Waals surface area contributed by atoms with Crippen LogP contribution in [0, 0.1) is 0 Å². The van der Waals surface area contributed by atoms with Crippen molar-refractivity contribution in [3.63, 3.8) is 0 Å². The van der Waals surface area contributed by atoms with Gasteiger partial charge in [0.2, 0.25) is 0 Å². The van der Waals surface area contributed by atoms with Crippen molar-refractivity contribution in [1.29, 1.82) is 0 Å². The van der Waals surface area contributed by atoms with Crippen molar-refractivity contribution in [3.8, 4) is 0 Å². The average Bonchev–Trinajstić information content (AvgIpc) is 2.15. The van der Waals surface area contributed by atoms with Gasteiger partial charge < -0.3 is 14.6 Å². The van der Waals surface area contributed by atoms with Gasteiger partial charge in [-0.25, -0.2) is 0 Å². The molecule has 0 aliphatic carbocycles. The Balaban J connectivity index is 2.30. The first-order valence-corrected chi connectivity index (χ1v) is 4.33. The van der Waals surface area contributed by atoms with Crippen LogP contribution in [0.15, 0.2) is 12.7 Å². The molecule has 70 valence electrons. The summed E-state index contributed by atoms with van der Waals surface area (Å²) in [6, 6.07) is 0. The minimum absolute atomic E-state index is 0.0433. The second kappa shape index (κ2) is 5.30. The molecule has 1 fully saturated rings. The van der Waals surface area contributed by atoms with Crippen molar-refractivity contribution in [2.75, 3.05) is 19.8 Å². The molecule has 1 aliphatic rings. The fraction of sp³-hybridized carbons (Fsp3) is 0.778. The minimum Gasteiger partial charge on any atom is -0.394 e. The molecule has 12 heavy (non-hydrogen) atoms. The number of rotatable bonds is 4. The van der Waals surface area contributed by atoms with Crippen LogP contribution in [0.5, 0.6) is 0 Å². The van der Waals surface area contributed by atoms with E-state index >= 15 is 0 Å². The monoisotopic (exact) mass is 172 g/mol. The van der Waals surface area contributed by atoms with E-state index in [2.05, 4.69) is 6.58 Å². The number of hydrogen-bond acceptors (Lipinski definition) is 3. The molecular weight excluding hydrogens is 156 g/mol. The Morgan fingerprint density at radius 3 is 3.17 bits per heavy atom. The van der Waals surface area contributed by atoms with E-state index in [-0.39, 0.29) is 18.8 Å². The number of hydrogen-bond donors (Lipinski definition) is 1. The highest BCUT2D eigenvalue weighted by molar-refractivity contribution is 4.76. The van der Waals surface area contributed by atoms with Gasteiger partial charge in [0.05, 0.1) is 19.3 Å². The van der Waals surface area contributed by atoms with Gasteiger partial charge in [-0.15, -0.1) is 6.58 Å². The Hall–Kier alpha value is -0.380. The summed E-state index contributed by atoms with van der Waals surface area (Å²) in [5, 5.41) is 8.93. The molecule has 0 amide bonds. The lowest BCUT2D eigenvalue weighted by Crippen LogP contribution is -2.38. The molecular formula is C9H16O3. The molecule has 2 atom stereocenters. The summed E-state index contributed by atoms with van der Waals surface area (Å²) in [5.41, 5.74) is 0. The topological polar surface area (TPSA) is 38.7 Å². The van der Waals surface area contributed by atoms with Crippen molar-refractivity contribution in [2.24, 2.45) is 0 Å². The standard InChI is InChI=1S/C9H16O3/c1-2-5-11-8-4-3-6-12-9(8)7-10/h2,8-10H,1,3-7H2/t8?,9-/m1/s1. The maximum Gasteiger partial charge on any atom is 0.107 e. The van der Waals surface area contributed by atoms with E-state index in [1.165, 1.54) is 0 Å². The Kier molecular flexibility index (Phi) is 4.29. The van der Waals surface area contributed by atoms with Crippen LogP contribution in [-0.4, -0.2) is 37.1 Å². The van der Waals surface area contributed by atoms with Crippen LogP contribution in [0.4, 0.5) is 0 Å². The minimum atomic E-state index is -0.140. The lowest BCUT2D eigenvalue weighted by Gasteiger charge is -2.29. The normalized spacial score (nSPS) is 30.1. The molecule has 0 aromatic heterocycles. The summed E-state index contributed by atoms with van der Waals surface area (Å²) in [6.07, 6.45) is 3.60. The maximum absolute atomic E-state index is 8.93. The van der Waals surface area contributed by atoms with E-state index in [0.717, 1.165) is 19.4 Å². The van der Waals surface area contributed by atoms with Gasteiger partial charge in [0, 0.05) is 6.61 Å². The van der Waals surface area contributed by atoms with Crippen LogP contribution in [0.3, 0.4) is 0 Å². The van der Waals surface area contributed by atoms with Crippen LogP contribution >= 0.6 is 0 Å². The van der Waals surface area contributed by atoms with Crippen LogP contribution in [0.25, 0.3) is 0 Å². The third-order valence-electron chi connectivity index (χ3n) is 1.99. The fourth-order valence-electron chi connectivity index (χ4n) is 1.37.